The van der Waals surface area contributed by atoms with E-state index in [9.17, 15) is 14.4 Å². The van der Waals surface area contributed by atoms with Crippen LogP contribution >= 0.6 is 7.82 Å². The molecule has 2 N–H and O–H groups in total. The molecule has 0 atom stereocenters. The second-order valence-electron chi connectivity index (χ2n) is 5.85. The van der Waals surface area contributed by atoms with E-state index in [0.29, 0.717) is 5.75 Å². The molecule has 0 spiro atoms. The Labute approximate surface area is 137 Å². The highest BCUT2D eigenvalue weighted by Crippen LogP contribution is 2.44. The SMILES string of the molecule is CCCCc1cc2ccccc2c(OP(=O)(O)O)c1CCCC. The molecular formula is C18H25O4P. The molecule has 2 aromatic rings. The van der Waals surface area contributed by atoms with Crippen LogP contribution in [0, 0.1) is 0 Å². The highest BCUT2D eigenvalue weighted by atomic mass is 31.2. The fraction of sp³-hybridized carbons (Fsp3) is 0.444. The summed E-state index contributed by atoms with van der Waals surface area (Å²) in [6.07, 6.45) is 5.79. The first-order valence-electron chi connectivity index (χ1n) is 8.25. The quantitative estimate of drug-likeness (QED) is 0.666. The van der Waals surface area contributed by atoms with Crippen LogP contribution in [0.15, 0.2) is 30.3 Å². The fourth-order valence-corrected chi connectivity index (χ4v) is 3.30. The third kappa shape index (κ3) is 4.81. The number of rotatable bonds is 8. The smallest absolute Gasteiger partial charge is 0.403 e. The van der Waals surface area contributed by atoms with E-state index in [2.05, 4.69) is 19.9 Å². The third-order valence-electron chi connectivity index (χ3n) is 3.99. The van der Waals surface area contributed by atoms with Crippen LogP contribution in [0.1, 0.15) is 50.7 Å². The van der Waals surface area contributed by atoms with Crippen molar-refractivity contribution in [2.45, 2.75) is 52.4 Å². The summed E-state index contributed by atoms with van der Waals surface area (Å²) in [6, 6.07) is 9.76. The number of hydrogen-bond donors (Lipinski definition) is 2. The van der Waals surface area contributed by atoms with Crippen LogP contribution in [0.5, 0.6) is 5.75 Å². The second-order valence-corrected chi connectivity index (χ2v) is 7.02. The number of hydrogen-bond acceptors (Lipinski definition) is 2. The van der Waals surface area contributed by atoms with Gasteiger partial charge in [0.25, 0.3) is 0 Å². The summed E-state index contributed by atoms with van der Waals surface area (Å²) in [5, 5.41) is 1.73. The van der Waals surface area contributed by atoms with Crippen LogP contribution in [0.4, 0.5) is 0 Å². The molecule has 4 nitrogen and oxygen atoms in total. The molecule has 0 fully saturated rings. The first kappa shape index (κ1) is 18.0. The van der Waals surface area contributed by atoms with Crippen LogP contribution in [-0.2, 0) is 17.4 Å². The summed E-state index contributed by atoms with van der Waals surface area (Å²) in [4.78, 5) is 18.7. The molecule has 0 saturated carbocycles. The van der Waals surface area contributed by atoms with Crippen molar-refractivity contribution in [1.82, 2.24) is 0 Å². The Bertz CT molecular complexity index is 705. The van der Waals surface area contributed by atoms with Crippen LogP contribution < -0.4 is 4.52 Å². The number of fused-ring (bicyclic) bond motifs is 1. The van der Waals surface area contributed by atoms with E-state index >= 15 is 0 Å². The van der Waals surface area contributed by atoms with Gasteiger partial charge in [-0.15, -0.1) is 0 Å². The first-order valence-corrected chi connectivity index (χ1v) is 9.78. The summed E-state index contributed by atoms with van der Waals surface area (Å²) in [5.41, 5.74) is 2.09. The molecule has 0 bridgehead atoms. The zero-order valence-corrected chi connectivity index (χ0v) is 14.7. The molecule has 0 aliphatic heterocycles. The Morgan fingerprint density at radius 1 is 1.04 bits per heavy atom. The monoisotopic (exact) mass is 336 g/mol. The van der Waals surface area contributed by atoms with Gasteiger partial charge in [-0.2, -0.15) is 0 Å². The minimum Gasteiger partial charge on any atom is -0.403 e. The maximum absolute atomic E-state index is 11.5. The van der Waals surface area contributed by atoms with E-state index in [0.717, 1.165) is 60.4 Å². The summed E-state index contributed by atoms with van der Waals surface area (Å²) < 4.78 is 16.6. The molecule has 126 valence electrons. The van der Waals surface area contributed by atoms with Gasteiger partial charge in [-0.05, 0) is 42.2 Å². The van der Waals surface area contributed by atoms with Crippen molar-refractivity contribution in [3.63, 3.8) is 0 Å². The van der Waals surface area contributed by atoms with Crippen molar-refractivity contribution in [2.75, 3.05) is 0 Å². The molecule has 2 rings (SSSR count). The van der Waals surface area contributed by atoms with Crippen LogP contribution in [0.3, 0.4) is 0 Å². The van der Waals surface area contributed by atoms with Gasteiger partial charge in [0.2, 0.25) is 0 Å². The van der Waals surface area contributed by atoms with Crippen molar-refractivity contribution >= 4 is 18.6 Å². The van der Waals surface area contributed by atoms with Gasteiger partial charge in [0.15, 0.2) is 0 Å². The summed E-state index contributed by atoms with van der Waals surface area (Å²) in [5.74, 6) is 0.357. The Morgan fingerprint density at radius 2 is 1.70 bits per heavy atom. The summed E-state index contributed by atoms with van der Waals surface area (Å²) in [6.45, 7) is 4.25. The van der Waals surface area contributed by atoms with Gasteiger partial charge in [0, 0.05) is 5.39 Å². The largest absolute Gasteiger partial charge is 0.524 e. The van der Waals surface area contributed by atoms with Gasteiger partial charge in [-0.3, -0.25) is 9.79 Å². The van der Waals surface area contributed by atoms with Crippen molar-refractivity contribution < 1.29 is 18.9 Å². The molecular weight excluding hydrogens is 311 g/mol. The third-order valence-corrected chi connectivity index (χ3v) is 4.41. The maximum Gasteiger partial charge on any atom is 0.524 e. The van der Waals surface area contributed by atoms with Gasteiger partial charge < -0.3 is 4.52 Å². The number of phosphoric ester groups is 1. The lowest BCUT2D eigenvalue weighted by molar-refractivity contribution is 0.283. The fourth-order valence-electron chi connectivity index (χ4n) is 2.85. The Morgan fingerprint density at radius 3 is 2.35 bits per heavy atom. The minimum absolute atomic E-state index is 0.357. The first-order chi connectivity index (χ1) is 11.0. The molecule has 0 heterocycles. The van der Waals surface area contributed by atoms with Gasteiger partial charge in [0.1, 0.15) is 5.75 Å². The number of aryl methyl sites for hydroxylation is 1. The van der Waals surface area contributed by atoms with Crippen molar-refractivity contribution in [3.05, 3.63) is 41.5 Å². The summed E-state index contributed by atoms with van der Waals surface area (Å²) in [7, 11) is -4.60. The molecule has 0 radical (unpaired) electrons. The van der Waals surface area contributed by atoms with E-state index in [-0.39, 0.29) is 0 Å². The van der Waals surface area contributed by atoms with E-state index in [1.807, 2.05) is 24.3 Å². The average Bonchev–Trinajstić information content (AvgIpc) is 2.50. The van der Waals surface area contributed by atoms with Gasteiger partial charge in [-0.1, -0.05) is 57.0 Å². The Balaban J connectivity index is 2.63. The molecule has 23 heavy (non-hydrogen) atoms. The predicted octanol–water partition coefficient (Wildman–Crippen LogP) is 5.00. The number of unbranched alkanes of at least 4 members (excludes halogenated alkanes) is 2. The molecule has 5 heteroatoms. The topological polar surface area (TPSA) is 66.8 Å². The van der Waals surface area contributed by atoms with Crippen LogP contribution in [-0.4, -0.2) is 9.79 Å². The normalized spacial score (nSPS) is 11.8. The second kappa shape index (κ2) is 7.96. The van der Waals surface area contributed by atoms with Gasteiger partial charge in [-0.25, -0.2) is 4.57 Å². The van der Waals surface area contributed by atoms with E-state index in [1.165, 1.54) is 0 Å². The minimum atomic E-state index is -4.60. The van der Waals surface area contributed by atoms with E-state index < -0.39 is 7.82 Å². The van der Waals surface area contributed by atoms with Crippen LogP contribution in [0.2, 0.25) is 0 Å². The molecule has 2 aromatic carbocycles. The molecule has 0 saturated heterocycles. The van der Waals surface area contributed by atoms with Gasteiger partial charge >= 0.3 is 7.82 Å². The average molecular weight is 336 g/mol. The number of phosphoric acid groups is 1. The highest BCUT2D eigenvalue weighted by Gasteiger charge is 2.22. The zero-order chi connectivity index (χ0) is 16.9. The zero-order valence-electron chi connectivity index (χ0n) is 13.8. The highest BCUT2D eigenvalue weighted by molar-refractivity contribution is 7.46. The Kier molecular flexibility index (Phi) is 6.23. The van der Waals surface area contributed by atoms with Crippen LogP contribution in [0.25, 0.3) is 10.8 Å². The molecule has 0 aliphatic rings. The molecule has 0 unspecified atom stereocenters. The van der Waals surface area contributed by atoms with E-state index in [4.69, 9.17) is 4.52 Å². The van der Waals surface area contributed by atoms with Crippen molar-refractivity contribution in [1.29, 1.82) is 0 Å². The number of benzene rings is 2. The van der Waals surface area contributed by atoms with Gasteiger partial charge in [0.05, 0.1) is 0 Å². The molecule has 0 aromatic heterocycles. The maximum atomic E-state index is 11.5. The Hall–Kier alpha value is -1.35. The molecule has 0 aliphatic carbocycles. The lowest BCUT2D eigenvalue weighted by atomic mass is 9.93. The standard InChI is InChI=1S/C18H25O4P/c1-3-5-9-14-13-15-10-7-8-12-17(15)18(22-23(19,20)21)16(14)11-6-4-2/h7-8,10,12-13H,3-6,9,11H2,1-2H3,(H2,19,20,21). The van der Waals surface area contributed by atoms with Crippen molar-refractivity contribution in [2.24, 2.45) is 0 Å². The predicted molar refractivity (Wildman–Crippen MR) is 93.8 cm³/mol. The lowest BCUT2D eigenvalue weighted by Gasteiger charge is -2.19. The van der Waals surface area contributed by atoms with E-state index in [1.54, 1.807) is 0 Å². The van der Waals surface area contributed by atoms with Crippen molar-refractivity contribution in [3.8, 4) is 5.75 Å². The summed E-state index contributed by atoms with van der Waals surface area (Å²) >= 11 is 0. The lowest BCUT2D eigenvalue weighted by Crippen LogP contribution is -2.02. The molecule has 0 amide bonds.